The summed E-state index contributed by atoms with van der Waals surface area (Å²) in [7, 11) is 0. The third-order valence-electron chi connectivity index (χ3n) is 3.77. The summed E-state index contributed by atoms with van der Waals surface area (Å²) in [5.74, 6) is -0.236. The fourth-order valence-electron chi connectivity index (χ4n) is 2.68. The molecular formula is C15H13ClN2OS. The van der Waals surface area contributed by atoms with E-state index in [1.165, 1.54) is 11.3 Å². The highest BCUT2D eigenvalue weighted by molar-refractivity contribution is 7.21. The van der Waals surface area contributed by atoms with Crippen LogP contribution in [0.4, 0.5) is 0 Å². The number of hydrogen-bond acceptors (Lipinski definition) is 3. The molecule has 5 heteroatoms. The van der Waals surface area contributed by atoms with Gasteiger partial charge in [-0.05, 0) is 31.7 Å². The summed E-state index contributed by atoms with van der Waals surface area (Å²) in [5, 5.41) is 13.6. The van der Waals surface area contributed by atoms with E-state index in [1.54, 1.807) is 0 Å². The van der Waals surface area contributed by atoms with E-state index in [9.17, 15) is 10.1 Å². The number of thiophene rings is 1. The third-order valence-corrected chi connectivity index (χ3v) is 5.44. The van der Waals surface area contributed by atoms with E-state index in [2.05, 4.69) is 11.4 Å². The minimum absolute atomic E-state index is 0.236. The zero-order chi connectivity index (χ0) is 14.2. The molecule has 1 heterocycles. The predicted molar refractivity (Wildman–Crippen MR) is 81.1 cm³/mol. The zero-order valence-corrected chi connectivity index (χ0v) is 12.4. The van der Waals surface area contributed by atoms with Crippen molar-refractivity contribution in [1.82, 2.24) is 5.32 Å². The van der Waals surface area contributed by atoms with Crippen molar-refractivity contribution in [3.8, 4) is 6.07 Å². The molecule has 0 bridgehead atoms. The van der Waals surface area contributed by atoms with E-state index < -0.39 is 5.54 Å². The lowest BCUT2D eigenvalue weighted by molar-refractivity contribution is 0.0925. The molecule has 20 heavy (non-hydrogen) atoms. The first kappa shape index (κ1) is 13.4. The van der Waals surface area contributed by atoms with Gasteiger partial charge in [-0.15, -0.1) is 11.3 Å². The molecule has 3 nitrogen and oxygen atoms in total. The van der Waals surface area contributed by atoms with Crippen LogP contribution < -0.4 is 5.32 Å². The average molecular weight is 305 g/mol. The number of halogens is 1. The fourth-order valence-corrected chi connectivity index (χ4v) is 4.09. The highest BCUT2D eigenvalue weighted by atomic mass is 35.5. The van der Waals surface area contributed by atoms with Crippen LogP contribution in [-0.2, 0) is 0 Å². The van der Waals surface area contributed by atoms with Crippen LogP contribution in [0.5, 0.6) is 0 Å². The molecule has 0 radical (unpaired) electrons. The first-order chi connectivity index (χ1) is 9.65. The smallest absolute Gasteiger partial charge is 0.264 e. The van der Waals surface area contributed by atoms with Gasteiger partial charge in [0.1, 0.15) is 10.4 Å². The largest absolute Gasteiger partial charge is 0.333 e. The number of nitriles is 1. The number of hydrogen-bond donors (Lipinski definition) is 1. The minimum atomic E-state index is -0.712. The molecule has 0 aliphatic heterocycles. The van der Waals surface area contributed by atoms with Gasteiger partial charge in [-0.25, -0.2) is 0 Å². The van der Waals surface area contributed by atoms with Gasteiger partial charge < -0.3 is 5.32 Å². The van der Waals surface area contributed by atoms with Crippen LogP contribution in [0, 0.1) is 11.3 Å². The lowest BCUT2D eigenvalue weighted by Crippen LogP contribution is -2.44. The van der Waals surface area contributed by atoms with Crippen LogP contribution in [0.25, 0.3) is 10.1 Å². The second kappa shape index (κ2) is 5.08. The number of carbonyl (C=O) groups is 1. The van der Waals surface area contributed by atoms with E-state index in [0.29, 0.717) is 9.90 Å². The molecule has 2 aromatic rings. The van der Waals surface area contributed by atoms with Crippen LogP contribution in [0.1, 0.15) is 35.4 Å². The van der Waals surface area contributed by atoms with E-state index >= 15 is 0 Å². The van der Waals surface area contributed by atoms with Gasteiger partial charge in [-0.1, -0.05) is 29.8 Å². The van der Waals surface area contributed by atoms with Crippen LogP contribution in [0.15, 0.2) is 24.3 Å². The maximum absolute atomic E-state index is 12.4. The van der Waals surface area contributed by atoms with Crippen molar-refractivity contribution in [3.63, 3.8) is 0 Å². The van der Waals surface area contributed by atoms with E-state index in [-0.39, 0.29) is 5.91 Å². The fraction of sp³-hybridized carbons (Fsp3) is 0.333. The quantitative estimate of drug-likeness (QED) is 0.907. The highest BCUT2D eigenvalue weighted by Crippen LogP contribution is 2.36. The lowest BCUT2D eigenvalue weighted by atomic mass is 10.00. The van der Waals surface area contributed by atoms with Crippen LogP contribution in [0.3, 0.4) is 0 Å². The molecule has 1 aromatic heterocycles. The Labute approximate surface area is 126 Å². The average Bonchev–Trinajstić information content (AvgIpc) is 3.05. The molecule has 0 saturated heterocycles. The van der Waals surface area contributed by atoms with Gasteiger partial charge in [0, 0.05) is 10.1 Å². The van der Waals surface area contributed by atoms with Crippen molar-refractivity contribution in [2.45, 2.75) is 31.2 Å². The Balaban J connectivity index is 1.93. The zero-order valence-electron chi connectivity index (χ0n) is 10.8. The summed E-state index contributed by atoms with van der Waals surface area (Å²) >= 11 is 7.66. The number of fused-ring (bicyclic) bond motifs is 1. The predicted octanol–water partition coefficient (Wildman–Crippen LogP) is 4.12. The molecule has 0 atom stereocenters. The van der Waals surface area contributed by atoms with Gasteiger partial charge in [0.15, 0.2) is 0 Å². The number of benzene rings is 1. The Morgan fingerprint density at radius 1 is 1.35 bits per heavy atom. The molecule has 3 rings (SSSR count). The molecule has 1 saturated carbocycles. The minimum Gasteiger partial charge on any atom is -0.333 e. The van der Waals surface area contributed by atoms with Crippen molar-refractivity contribution in [1.29, 1.82) is 5.26 Å². The Kier molecular flexibility index (Phi) is 3.41. The van der Waals surface area contributed by atoms with Crippen molar-refractivity contribution < 1.29 is 4.79 Å². The van der Waals surface area contributed by atoms with E-state index in [1.807, 2.05) is 24.3 Å². The highest BCUT2D eigenvalue weighted by Gasteiger charge is 2.36. The molecule has 1 aliphatic carbocycles. The topological polar surface area (TPSA) is 52.9 Å². The normalized spacial score (nSPS) is 17.0. The molecular weight excluding hydrogens is 292 g/mol. The first-order valence-electron chi connectivity index (χ1n) is 6.56. The molecule has 1 fully saturated rings. The van der Waals surface area contributed by atoms with Gasteiger partial charge in [0.2, 0.25) is 0 Å². The van der Waals surface area contributed by atoms with Gasteiger partial charge in [-0.2, -0.15) is 5.26 Å². The van der Waals surface area contributed by atoms with Crippen molar-refractivity contribution in [2.24, 2.45) is 0 Å². The maximum Gasteiger partial charge on any atom is 0.264 e. The molecule has 1 amide bonds. The third kappa shape index (κ3) is 2.17. The van der Waals surface area contributed by atoms with E-state index in [4.69, 9.17) is 11.6 Å². The Bertz CT molecular complexity index is 710. The monoisotopic (exact) mass is 304 g/mol. The van der Waals surface area contributed by atoms with Gasteiger partial charge in [0.05, 0.1) is 11.1 Å². The molecule has 102 valence electrons. The number of carbonyl (C=O) groups excluding carboxylic acids is 1. The van der Waals surface area contributed by atoms with Gasteiger partial charge >= 0.3 is 0 Å². The summed E-state index contributed by atoms with van der Waals surface area (Å²) in [6.45, 7) is 0. The second-order valence-electron chi connectivity index (χ2n) is 5.10. The summed E-state index contributed by atoms with van der Waals surface area (Å²) in [6.07, 6.45) is 3.40. The number of nitrogens with one attached hydrogen (secondary N) is 1. The Morgan fingerprint density at radius 2 is 2.05 bits per heavy atom. The number of nitrogens with zero attached hydrogens (tertiary/aromatic N) is 1. The second-order valence-corrected chi connectivity index (χ2v) is 6.53. The standard InChI is InChI=1S/C15H13ClN2OS/c16-12-10-5-1-2-6-11(10)20-13(12)14(19)18-15(9-17)7-3-4-8-15/h1-2,5-6H,3-4,7-8H2,(H,18,19). The lowest BCUT2D eigenvalue weighted by Gasteiger charge is -2.21. The molecule has 1 aromatic carbocycles. The number of rotatable bonds is 2. The summed E-state index contributed by atoms with van der Waals surface area (Å²) in [6, 6.07) is 9.93. The van der Waals surface area contributed by atoms with Crippen LogP contribution in [0.2, 0.25) is 5.02 Å². The molecule has 1 aliphatic rings. The molecule has 0 unspecified atom stereocenters. The maximum atomic E-state index is 12.4. The van der Waals surface area contributed by atoms with Crippen LogP contribution >= 0.6 is 22.9 Å². The van der Waals surface area contributed by atoms with E-state index in [0.717, 1.165) is 35.8 Å². The summed E-state index contributed by atoms with van der Waals surface area (Å²) in [5.41, 5.74) is -0.712. The Hall–Kier alpha value is -1.57. The van der Waals surface area contributed by atoms with Crippen molar-refractivity contribution in [3.05, 3.63) is 34.2 Å². The first-order valence-corrected chi connectivity index (χ1v) is 7.75. The SMILES string of the molecule is N#CC1(NC(=O)c2sc3ccccc3c2Cl)CCCC1. The summed E-state index contributed by atoms with van der Waals surface area (Å²) in [4.78, 5) is 12.9. The van der Waals surface area contributed by atoms with Gasteiger partial charge in [0.25, 0.3) is 5.91 Å². The van der Waals surface area contributed by atoms with Crippen LogP contribution in [-0.4, -0.2) is 11.4 Å². The molecule has 1 N–H and O–H groups in total. The molecule has 0 spiro atoms. The van der Waals surface area contributed by atoms with Crippen molar-refractivity contribution in [2.75, 3.05) is 0 Å². The number of amides is 1. The van der Waals surface area contributed by atoms with Crippen molar-refractivity contribution >= 4 is 38.9 Å². The van der Waals surface area contributed by atoms with Gasteiger partial charge in [-0.3, -0.25) is 4.79 Å². The Morgan fingerprint density at radius 3 is 2.70 bits per heavy atom. The summed E-state index contributed by atoms with van der Waals surface area (Å²) < 4.78 is 0.986.